The summed E-state index contributed by atoms with van der Waals surface area (Å²) in [6.07, 6.45) is 0. The van der Waals surface area contributed by atoms with Crippen LogP contribution in [-0.4, -0.2) is 4.40 Å². The number of aromatic nitrogens is 1. The summed E-state index contributed by atoms with van der Waals surface area (Å²) in [4.78, 5) is 4.81. The summed E-state index contributed by atoms with van der Waals surface area (Å²) >= 11 is 3.73. The van der Waals surface area contributed by atoms with Gasteiger partial charge >= 0.3 is 0 Å². The van der Waals surface area contributed by atoms with Gasteiger partial charge < -0.3 is 14.2 Å². The third-order valence-electron chi connectivity index (χ3n) is 17.6. The van der Waals surface area contributed by atoms with E-state index in [2.05, 4.69) is 311 Å². The smallest absolute Gasteiger partial charge is 0.0640 e. The lowest BCUT2D eigenvalue weighted by Gasteiger charge is -2.26. The minimum absolute atomic E-state index is 1.12. The van der Waals surface area contributed by atoms with E-state index < -0.39 is 0 Å². The molecule has 0 aliphatic heterocycles. The maximum absolute atomic E-state index is 2.55. The second-order valence-electron chi connectivity index (χ2n) is 22.4. The van der Waals surface area contributed by atoms with Crippen molar-refractivity contribution in [2.45, 2.75) is 0 Å². The normalized spacial score (nSPS) is 12.0. The van der Waals surface area contributed by atoms with Crippen molar-refractivity contribution in [1.29, 1.82) is 0 Å². The summed E-state index contributed by atoms with van der Waals surface area (Å²) in [7, 11) is 0. The van der Waals surface area contributed by atoms with Crippen LogP contribution >= 0.6 is 22.7 Å². The molecule has 0 bridgehead atoms. The van der Waals surface area contributed by atoms with Gasteiger partial charge in [0.15, 0.2) is 0 Å². The minimum Gasteiger partial charge on any atom is -0.309 e. The lowest BCUT2D eigenvalue weighted by molar-refractivity contribution is 1.30. The van der Waals surface area contributed by atoms with E-state index in [9.17, 15) is 0 Å². The summed E-state index contributed by atoms with van der Waals surface area (Å²) in [5.41, 5.74) is 17.8. The van der Waals surface area contributed by atoms with Gasteiger partial charge in [0.25, 0.3) is 0 Å². The Hall–Kier alpha value is -10.6. The Kier molecular flexibility index (Phi) is 10.7. The molecule has 0 amide bonds. The maximum atomic E-state index is 2.55. The van der Waals surface area contributed by atoms with E-state index in [0.29, 0.717) is 0 Å². The number of fused-ring (bicyclic) bond motifs is 14. The molecule has 0 fully saturated rings. The highest BCUT2D eigenvalue weighted by Crippen LogP contribution is 2.49. The first kappa shape index (κ1) is 48.0. The fraction of sp³-hybridized carbons (Fsp3) is 0. The second kappa shape index (κ2) is 19.0. The molecule has 0 unspecified atom stereocenters. The lowest BCUT2D eigenvalue weighted by Crippen LogP contribution is -2.09. The molecule has 0 spiro atoms. The van der Waals surface area contributed by atoms with Crippen LogP contribution in [0.3, 0.4) is 0 Å². The lowest BCUT2D eigenvalue weighted by atomic mass is 9.96. The zero-order valence-corrected chi connectivity index (χ0v) is 47.6. The van der Waals surface area contributed by atoms with Gasteiger partial charge in [0.1, 0.15) is 0 Å². The Bertz CT molecular complexity index is 5320. The molecule has 0 saturated carbocycles. The van der Waals surface area contributed by atoms with Crippen LogP contribution in [-0.2, 0) is 0 Å². The molecule has 4 heterocycles. The van der Waals surface area contributed by atoms with Crippen LogP contribution in [0.4, 0.5) is 34.1 Å². The van der Waals surface area contributed by atoms with Crippen molar-refractivity contribution in [3.05, 3.63) is 297 Å². The van der Waals surface area contributed by atoms with E-state index in [1.54, 1.807) is 0 Å². The molecule has 0 atom stereocenters. The van der Waals surface area contributed by atoms with Crippen LogP contribution in [0.25, 0.3) is 133 Å². The van der Waals surface area contributed by atoms with Crippen molar-refractivity contribution in [2.24, 2.45) is 0 Å². The molecule has 18 aromatic rings. The predicted octanol–water partition coefficient (Wildman–Crippen LogP) is 23.8. The van der Waals surface area contributed by atoms with Crippen LogP contribution in [0.5, 0.6) is 0 Å². The summed E-state index contributed by atoms with van der Waals surface area (Å²) in [6.45, 7) is 0. The molecule has 0 aliphatic rings. The van der Waals surface area contributed by atoms with E-state index >= 15 is 0 Å². The van der Waals surface area contributed by atoms with Gasteiger partial charge in [-0.05, 0) is 176 Å². The van der Waals surface area contributed by atoms with Gasteiger partial charge in [0, 0.05) is 75.2 Å². The van der Waals surface area contributed by atoms with Crippen molar-refractivity contribution in [3.63, 3.8) is 0 Å². The zero-order chi connectivity index (χ0) is 55.7. The Morgan fingerprint density at radius 1 is 0.235 bits per heavy atom. The molecule has 85 heavy (non-hydrogen) atoms. The molecule has 0 saturated heterocycles. The molecule has 18 rings (SSSR count). The first-order valence-corrected chi connectivity index (χ1v) is 30.7. The number of anilines is 6. The highest BCUT2D eigenvalue weighted by atomic mass is 32.1. The van der Waals surface area contributed by atoms with Gasteiger partial charge in [0.05, 0.1) is 37.3 Å². The molecule has 396 valence electrons. The van der Waals surface area contributed by atoms with Crippen molar-refractivity contribution >= 4 is 157 Å². The molecular formula is C80H49N3S2. The zero-order valence-electron chi connectivity index (χ0n) is 45.9. The van der Waals surface area contributed by atoms with Crippen LogP contribution in [0.1, 0.15) is 0 Å². The van der Waals surface area contributed by atoms with E-state index in [0.717, 1.165) is 22.7 Å². The highest BCUT2D eigenvalue weighted by Gasteiger charge is 2.23. The van der Waals surface area contributed by atoms with Gasteiger partial charge in [0.2, 0.25) is 0 Å². The molecule has 3 nitrogen and oxygen atoms in total. The number of hydrogen-bond acceptors (Lipinski definition) is 4. The average Bonchev–Trinajstić information content (AvgIpc) is 1.77. The van der Waals surface area contributed by atoms with Gasteiger partial charge in [-0.1, -0.05) is 176 Å². The summed E-state index contributed by atoms with van der Waals surface area (Å²) in [5.74, 6) is 0. The van der Waals surface area contributed by atoms with E-state index in [-0.39, 0.29) is 0 Å². The number of nitrogens with zero attached hydrogens (tertiary/aromatic N) is 3. The summed E-state index contributed by atoms with van der Waals surface area (Å²) in [5, 5.41) is 15.1. The standard InChI is InChI=1S/C80H49N3S2/c1-4-16-50(17-5-1)59-46-70-68-44-55-32-30-53(51-34-38-62(39-35-51)81(60-18-6-2-7-19-60)72-26-14-24-66-64-22-10-12-28-76(64)84-79(66)72)42-57(55)48-74(68)83-75-49-58-43-54(31-33-56(58)45-69(75)71(47-59)78(70)83)52-36-40-63(41-37-52)82(61-20-8-3-9-21-61)73-27-15-25-67-65-23-11-13-29-77(65)85-80(67)73/h1-49H. The fourth-order valence-electron chi connectivity index (χ4n) is 13.6. The highest BCUT2D eigenvalue weighted by molar-refractivity contribution is 7.26. The van der Waals surface area contributed by atoms with Gasteiger partial charge in [-0.15, -0.1) is 22.7 Å². The molecule has 4 aromatic heterocycles. The second-order valence-corrected chi connectivity index (χ2v) is 24.5. The summed E-state index contributed by atoms with van der Waals surface area (Å²) in [6, 6.07) is 110. The number of benzene rings is 14. The van der Waals surface area contributed by atoms with Gasteiger partial charge in [-0.2, -0.15) is 0 Å². The van der Waals surface area contributed by atoms with Crippen molar-refractivity contribution in [1.82, 2.24) is 4.40 Å². The number of para-hydroxylation sites is 2. The minimum atomic E-state index is 1.12. The first-order valence-electron chi connectivity index (χ1n) is 29.0. The third-order valence-corrected chi connectivity index (χ3v) is 20.0. The number of thiophene rings is 2. The van der Waals surface area contributed by atoms with E-state index in [1.807, 2.05) is 22.7 Å². The van der Waals surface area contributed by atoms with E-state index in [1.165, 1.54) is 145 Å². The largest absolute Gasteiger partial charge is 0.309 e. The van der Waals surface area contributed by atoms with Crippen LogP contribution < -0.4 is 9.80 Å². The van der Waals surface area contributed by atoms with Crippen molar-refractivity contribution < 1.29 is 0 Å². The fourth-order valence-corrected chi connectivity index (χ4v) is 16.0. The maximum Gasteiger partial charge on any atom is 0.0640 e. The molecule has 0 aliphatic carbocycles. The Morgan fingerprint density at radius 2 is 0.624 bits per heavy atom. The van der Waals surface area contributed by atoms with Crippen molar-refractivity contribution in [2.75, 3.05) is 9.80 Å². The van der Waals surface area contributed by atoms with Gasteiger partial charge in [-0.3, -0.25) is 0 Å². The quantitative estimate of drug-likeness (QED) is 0.143. The Balaban J connectivity index is 0.747. The molecular weight excluding hydrogens is 1070 g/mol. The number of rotatable bonds is 9. The Labute approximate surface area is 498 Å². The van der Waals surface area contributed by atoms with Gasteiger partial charge in [-0.25, -0.2) is 0 Å². The first-order chi connectivity index (χ1) is 42.1. The molecule has 14 aromatic carbocycles. The molecule has 5 heteroatoms. The third kappa shape index (κ3) is 7.64. The van der Waals surface area contributed by atoms with Crippen LogP contribution in [0, 0.1) is 0 Å². The SMILES string of the molecule is c1ccc(-c2cc3c4cc5ccc(-c6ccc(N(c7ccccc7)c7cccc8c7sc7ccccc78)cc6)cc5cc4n4c5cc6cc(-c7ccc(N(c8ccccc8)c8cccc9c8sc8ccccc89)cc7)ccc6cc5c(c2)c34)cc1. The topological polar surface area (TPSA) is 10.9 Å². The van der Waals surface area contributed by atoms with E-state index in [4.69, 9.17) is 0 Å². The number of hydrogen-bond donors (Lipinski definition) is 0. The van der Waals surface area contributed by atoms with Crippen LogP contribution in [0.2, 0.25) is 0 Å². The summed E-state index contributed by atoms with van der Waals surface area (Å²) < 4.78 is 7.73. The van der Waals surface area contributed by atoms with Crippen molar-refractivity contribution in [3.8, 4) is 33.4 Å². The average molecular weight is 1120 g/mol. The Morgan fingerprint density at radius 3 is 1.09 bits per heavy atom. The monoisotopic (exact) mass is 1120 g/mol. The molecule has 0 radical (unpaired) electrons. The molecule has 0 N–H and O–H groups in total. The predicted molar refractivity (Wildman–Crippen MR) is 368 cm³/mol. The van der Waals surface area contributed by atoms with Crippen LogP contribution in [0.15, 0.2) is 297 Å².